The summed E-state index contributed by atoms with van der Waals surface area (Å²) >= 11 is 12.6. The highest BCUT2D eigenvalue weighted by molar-refractivity contribution is 6.33. The Hall–Kier alpha value is -6.36. The minimum Gasteiger partial charge on any atom is -0.463 e. The Morgan fingerprint density at radius 3 is 2.16 bits per heavy atom. The third-order valence-electron chi connectivity index (χ3n) is 12.4. The summed E-state index contributed by atoms with van der Waals surface area (Å²) in [7, 11) is 3.87. The molecule has 2 N–H and O–H groups in total. The van der Waals surface area contributed by atoms with Gasteiger partial charge in [0.2, 0.25) is 11.8 Å². The molecule has 3 aromatic carbocycles. The van der Waals surface area contributed by atoms with Crippen LogP contribution in [-0.2, 0) is 37.4 Å². The fourth-order valence-corrected chi connectivity index (χ4v) is 9.92. The fourth-order valence-electron chi connectivity index (χ4n) is 9.58. The number of furan rings is 1. The number of nitrogens with one attached hydrogen (secondary N) is 1. The molecule has 6 atom stereocenters. The molecule has 4 heterocycles. The van der Waals surface area contributed by atoms with Gasteiger partial charge < -0.3 is 14.4 Å². The molecule has 0 radical (unpaired) electrons. The summed E-state index contributed by atoms with van der Waals surface area (Å²) in [4.78, 5) is 66.1. The maximum Gasteiger partial charge on any atom is 0.417 e. The zero-order valence-electron chi connectivity index (χ0n) is 33.4. The maximum atomic E-state index is 15.3. The lowest BCUT2D eigenvalue weighted by Crippen LogP contribution is -2.53. The van der Waals surface area contributed by atoms with Crippen molar-refractivity contribution in [3.63, 3.8) is 0 Å². The Bertz CT molecular complexity index is 2720. The lowest BCUT2D eigenvalue weighted by Gasteiger charge is -2.49. The number of carbonyl (C=O) groups is 4. The average molecular weight is 899 g/mol. The van der Waals surface area contributed by atoms with E-state index in [2.05, 4.69) is 20.6 Å². The molecule has 18 heteroatoms. The number of imide groups is 2. The first-order valence-electron chi connectivity index (χ1n) is 19.8. The van der Waals surface area contributed by atoms with Crippen LogP contribution in [-0.4, -0.2) is 52.8 Å². The van der Waals surface area contributed by atoms with Crippen LogP contribution in [0.3, 0.4) is 0 Å². The van der Waals surface area contributed by atoms with Crippen LogP contribution in [0.25, 0.3) is 0 Å². The molecule has 2 saturated heterocycles. The van der Waals surface area contributed by atoms with Crippen LogP contribution in [0.15, 0.2) is 123 Å². The molecular weight excluding hydrogens is 862 g/mol. The highest BCUT2D eigenvalue weighted by Crippen LogP contribution is 2.64. The molecule has 4 aliphatic rings. The van der Waals surface area contributed by atoms with E-state index in [4.69, 9.17) is 27.6 Å². The van der Waals surface area contributed by atoms with Gasteiger partial charge in [-0.1, -0.05) is 47.0 Å². The van der Waals surface area contributed by atoms with Crippen molar-refractivity contribution in [3.8, 4) is 0 Å². The zero-order valence-corrected chi connectivity index (χ0v) is 34.9. The van der Waals surface area contributed by atoms with E-state index in [0.29, 0.717) is 50.5 Å². The first-order chi connectivity index (χ1) is 30.1. The number of rotatable bonds is 9. The first-order valence-corrected chi connectivity index (χ1v) is 20.6. The van der Waals surface area contributed by atoms with Crippen LogP contribution in [0.4, 0.5) is 41.7 Å². The number of allylic oxidation sites excluding steroid dienone is 2. The molecule has 0 spiro atoms. The second kappa shape index (κ2) is 15.8. The minimum absolute atomic E-state index is 0.0850. The van der Waals surface area contributed by atoms with Gasteiger partial charge in [0.25, 0.3) is 11.8 Å². The number of azo groups is 1. The molecule has 1 saturated carbocycles. The van der Waals surface area contributed by atoms with Crippen LogP contribution < -0.4 is 15.2 Å². The number of aliphatic hydroxyl groups excluding tert-OH is 1. The van der Waals surface area contributed by atoms with Gasteiger partial charge in [-0.3, -0.25) is 29.5 Å². The van der Waals surface area contributed by atoms with Gasteiger partial charge in [-0.25, -0.2) is 4.98 Å². The Morgan fingerprint density at radius 2 is 1.56 bits per heavy atom. The number of hydrogen-bond donors (Lipinski definition) is 2. The highest BCUT2D eigenvalue weighted by Gasteiger charge is 2.71. The number of benzene rings is 3. The van der Waals surface area contributed by atoms with Crippen LogP contribution in [0, 0.1) is 23.7 Å². The van der Waals surface area contributed by atoms with Crippen LogP contribution in [0.2, 0.25) is 10.0 Å². The first kappa shape index (κ1) is 42.0. The summed E-state index contributed by atoms with van der Waals surface area (Å²) in [5, 5.41) is 19.2. The number of hydrogen-bond acceptors (Lipinski definition) is 11. The zero-order chi connectivity index (χ0) is 44.5. The highest BCUT2D eigenvalue weighted by atomic mass is 35.5. The largest absolute Gasteiger partial charge is 0.463 e. The van der Waals surface area contributed by atoms with Crippen LogP contribution in [0.5, 0.6) is 0 Å². The number of amides is 4. The van der Waals surface area contributed by atoms with Crippen molar-refractivity contribution >= 4 is 75.4 Å². The van der Waals surface area contributed by atoms with Crippen molar-refractivity contribution in [2.24, 2.45) is 33.9 Å². The van der Waals surface area contributed by atoms with Crippen LogP contribution in [0.1, 0.15) is 41.4 Å². The fraction of sp³-hybridized carbons (Fsp3) is 0.267. The third kappa shape index (κ3) is 6.96. The van der Waals surface area contributed by atoms with E-state index in [1.165, 1.54) is 6.07 Å². The Labute approximate surface area is 367 Å². The molecule has 322 valence electrons. The van der Waals surface area contributed by atoms with E-state index in [1.54, 1.807) is 54.6 Å². The predicted octanol–water partition coefficient (Wildman–Crippen LogP) is 9.16. The second-order valence-electron chi connectivity index (χ2n) is 16.0. The van der Waals surface area contributed by atoms with Gasteiger partial charge in [-0.05, 0) is 103 Å². The summed E-state index contributed by atoms with van der Waals surface area (Å²) in [6.07, 6.45) is -2.37. The molecule has 2 aliphatic heterocycles. The van der Waals surface area contributed by atoms with E-state index in [1.807, 2.05) is 49.3 Å². The summed E-state index contributed by atoms with van der Waals surface area (Å²) in [5.41, 5.74) is 3.05. The molecule has 0 unspecified atom stereocenters. The number of nitrogens with zero attached hydrogens (tertiary/aromatic N) is 6. The van der Waals surface area contributed by atoms with Gasteiger partial charge in [-0.15, -0.1) is 0 Å². The topological polar surface area (TPSA) is 161 Å². The number of halogens is 5. The molecule has 63 heavy (non-hydrogen) atoms. The van der Waals surface area contributed by atoms with Gasteiger partial charge >= 0.3 is 6.18 Å². The number of carbonyl (C=O) groups excluding carboxylic acids is 4. The number of anilines is 3. The molecule has 4 amide bonds. The summed E-state index contributed by atoms with van der Waals surface area (Å²) in [6.45, 7) is -0.484. The number of alkyl halides is 3. The summed E-state index contributed by atoms with van der Waals surface area (Å²) in [6, 6.07) is 24.1. The van der Waals surface area contributed by atoms with Gasteiger partial charge in [0.05, 0.1) is 51.3 Å². The molecule has 5 aromatic rings. The van der Waals surface area contributed by atoms with E-state index in [-0.39, 0.29) is 30.2 Å². The van der Waals surface area contributed by atoms with E-state index in [0.717, 1.165) is 10.6 Å². The minimum atomic E-state index is -4.77. The number of hydrazine groups is 1. The Kier molecular flexibility index (Phi) is 10.5. The molecule has 9 rings (SSSR count). The number of fused-ring (bicyclic) bond motifs is 4. The predicted molar refractivity (Wildman–Crippen MR) is 225 cm³/mol. The normalized spacial score (nSPS) is 24.4. The Balaban J connectivity index is 1.09. The summed E-state index contributed by atoms with van der Waals surface area (Å²) < 4.78 is 46.8. The maximum absolute atomic E-state index is 15.3. The van der Waals surface area contributed by atoms with E-state index >= 15 is 4.79 Å². The SMILES string of the molecule is CN(C)c1ccc(N=Nc2ccc(N3C(=O)[C@H]4[C@H](CC=C5[C@H]4C[C@H]4C(=O)N(Nc6ncc(C(F)(F)F)cc6Cl)C(=O)[C@@]4(c4ccc(Cl)cc4)[C@H]5c4ccc(CO)o4)C3=O)cc2)cc1. The third-order valence-corrected chi connectivity index (χ3v) is 13.0. The van der Waals surface area contributed by atoms with E-state index in [9.17, 15) is 32.7 Å². The quantitative estimate of drug-likeness (QED) is 0.0835. The van der Waals surface area contributed by atoms with E-state index < -0.39 is 82.0 Å². The molecule has 0 bridgehead atoms. The molecule has 2 aliphatic carbocycles. The van der Waals surface area contributed by atoms with Crippen molar-refractivity contribution < 1.29 is 41.9 Å². The lowest BCUT2D eigenvalue weighted by molar-refractivity contribution is -0.139. The van der Waals surface area contributed by atoms with Crippen LogP contribution >= 0.6 is 23.2 Å². The smallest absolute Gasteiger partial charge is 0.417 e. The number of pyridine rings is 1. The monoisotopic (exact) mass is 897 g/mol. The van der Waals surface area contributed by atoms with Gasteiger partial charge in [0, 0.05) is 31.0 Å². The van der Waals surface area contributed by atoms with Crippen molar-refractivity contribution in [2.75, 3.05) is 29.3 Å². The average Bonchev–Trinajstić information content (AvgIpc) is 3.91. The van der Waals surface area contributed by atoms with Gasteiger partial charge in [-0.2, -0.15) is 28.4 Å². The number of aliphatic hydroxyl groups is 1. The molecule has 13 nitrogen and oxygen atoms in total. The Morgan fingerprint density at radius 1 is 0.889 bits per heavy atom. The van der Waals surface area contributed by atoms with Crippen molar-refractivity contribution in [2.45, 2.75) is 37.0 Å². The van der Waals surface area contributed by atoms with Crippen molar-refractivity contribution in [3.05, 3.63) is 142 Å². The molecule has 3 fully saturated rings. The second-order valence-corrected chi connectivity index (χ2v) is 16.9. The van der Waals surface area contributed by atoms with Gasteiger partial charge in [0.15, 0.2) is 5.82 Å². The molecule has 2 aromatic heterocycles. The van der Waals surface area contributed by atoms with Crippen molar-refractivity contribution in [1.82, 2.24) is 9.99 Å². The lowest BCUT2D eigenvalue weighted by atomic mass is 9.50. The van der Waals surface area contributed by atoms with Crippen molar-refractivity contribution in [1.29, 1.82) is 0 Å². The van der Waals surface area contributed by atoms with Gasteiger partial charge in [0.1, 0.15) is 23.5 Å². The number of aromatic nitrogens is 1. The standard InChI is InChI=1S/C45H36Cl2F3N7O6/c1-55(2)28-11-7-26(8-12-28)52-53-27-9-13-29(14-10-27)56-40(59)32-17-16-31-33(37(32)42(56)61)20-34-41(60)57(54-39-35(47)19-24(21-51-39)45(48,49)50)43(62)44(34,23-3-5-25(46)6-4-23)38(31)36-18-15-30(22-58)63-36/h3-16,18-19,21,32-34,37-38,58H,17,20,22H2,1-2H3,(H,51,54)/t32-,33+,34-,37-,38+,44+/m0/s1. The molecular formula is C45H36Cl2F3N7O6. The summed E-state index contributed by atoms with van der Waals surface area (Å²) in [5.74, 6) is -7.35.